The maximum atomic E-state index is 12.1. The van der Waals surface area contributed by atoms with Crippen LogP contribution in [0.1, 0.15) is 28.8 Å². The van der Waals surface area contributed by atoms with Gasteiger partial charge in [-0.1, -0.05) is 12.1 Å². The Morgan fingerprint density at radius 3 is 2.58 bits per heavy atom. The number of carbonyl (C=O) groups excluding carboxylic acids is 1. The average molecular weight is 282 g/mol. The molecule has 1 saturated heterocycles. The van der Waals surface area contributed by atoms with E-state index in [1.807, 2.05) is 13.0 Å². The smallest absolute Gasteiger partial charge is 0.253 e. The number of aryl methyl sites for hydroxylation is 1. The Kier molecular flexibility index (Phi) is 3.80. The molecule has 1 aromatic rings. The Balaban J connectivity index is 2.04. The molecule has 1 heterocycles. The molecule has 0 aliphatic carbocycles. The molecule has 104 valence electrons. The van der Waals surface area contributed by atoms with E-state index in [0.717, 1.165) is 5.56 Å². The molecule has 1 amide bonds. The number of benzene rings is 1. The van der Waals surface area contributed by atoms with Gasteiger partial charge in [-0.25, -0.2) is 8.42 Å². The number of amides is 1. The zero-order valence-corrected chi connectivity index (χ0v) is 11.7. The van der Waals surface area contributed by atoms with Crippen molar-refractivity contribution in [2.45, 2.75) is 25.8 Å². The standard InChI is InChI=1S/C13H18N2O3S/c1-9-3-2-4-11(12(9)14)13(16)15-10-5-7-19(17,18)8-6-10/h2-4,10H,5-8,14H2,1H3,(H,15,16). The molecule has 0 atom stereocenters. The van der Waals surface area contributed by atoms with Crippen molar-refractivity contribution in [3.05, 3.63) is 29.3 Å². The molecule has 19 heavy (non-hydrogen) atoms. The zero-order chi connectivity index (χ0) is 14.0. The summed E-state index contributed by atoms with van der Waals surface area (Å²) in [7, 11) is -2.91. The van der Waals surface area contributed by atoms with Crippen LogP contribution in [0.25, 0.3) is 0 Å². The second-order valence-corrected chi connectivity index (χ2v) is 7.24. The fourth-order valence-corrected chi connectivity index (χ4v) is 3.67. The van der Waals surface area contributed by atoms with Crippen LogP contribution >= 0.6 is 0 Å². The highest BCUT2D eigenvalue weighted by molar-refractivity contribution is 7.91. The predicted octanol–water partition coefficient (Wildman–Crippen LogP) is 0.884. The largest absolute Gasteiger partial charge is 0.398 e. The minimum Gasteiger partial charge on any atom is -0.398 e. The van der Waals surface area contributed by atoms with Gasteiger partial charge in [0.15, 0.2) is 0 Å². The maximum Gasteiger partial charge on any atom is 0.253 e. The van der Waals surface area contributed by atoms with Crippen LogP contribution in [0.2, 0.25) is 0 Å². The number of para-hydroxylation sites is 1. The SMILES string of the molecule is Cc1cccc(C(=O)NC2CCS(=O)(=O)CC2)c1N. The van der Waals surface area contributed by atoms with Crippen molar-refractivity contribution < 1.29 is 13.2 Å². The van der Waals surface area contributed by atoms with Crippen LogP contribution in [-0.4, -0.2) is 31.9 Å². The van der Waals surface area contributed by atoms with Gasteiger partial charge in [-0.2, -0.15) is 0 Å². The molecular formula is C13H18N2O3S. The van der Waals surface area contributed by atoms with Crippen LogP contribution in [-0.2, 0) is 9.84 Å². The quantitative estimate of drug-likeness (QED) is 0.788. The summed E-state index contributed by atoms with van der Waals surface area (Å²) in [6.45, 7) is 1.85. The Labute approximate surface area is 113 Å². The van der Waals surface area contributed by atoms with Crippen molar-refractivity contribution in [3.8, 4) is 0 Å². The van der Waals surface area contributed by atoms with E-state index >= 15 is 0 Å². The molecule has 0 unspecified atom stereocenters. The van der Waals surface area contributed by atoms with E-state index in [1.165, 1.54) is 0 Å². The lowest BCUT2D eigenvalue weighted by Crippen LogP contribution is -2.41. The molecule has 0 spiro atoms. The van der Waals surface area contributed by atoms with Crippen molar-refractivity contribution >= 4 is 21.4 Å². The van der Waals surface area contributed by atoms with Gasteiger partial charge in [-0.05, 0) is 31.4 Å². The molecule has 3 N–H and O–H groups in total. The maximum absolute atomic E-state index is 12.1. The van der Waals surface area contributed by atoms with E-state index in [-0.39, 0.29) is 23.5 Å². The van der Waals surface area contributed by atoms with Crippen molar-refractivity contribution in [2.24, 2.45) is 0 Å². The van der Waals surface area contributed by atoms with Gasteiger partial charge in [0.25, 0.3) is 5.91 Å². The van der Waals surface area contributed by atoms with Crippen LogP contribution in [0.3, 0.4) is 0 Å². The third-order valence-electron chi connectivity index (χ3n) is 3.46. The third kappa shape index (κ3) is 3.26. The topological polar surface area (TPSA) is 89.3 Å². The van der Waals surface area contributed by atoms with Gasteiger partial charge < -0.3 is 11.1 Å². The van der Waals surface area contributed by atoms with Gasteiger partial charge in [0.2, 0.25) is 0 Å². The molecule has 1 fully saturated rings. The van der Waals surface area contributed by atoms with Gasteiger partial charge >= 0.3 is 0 Å². The molecule has 0 saturated carbocycles. The highest BCUT2D eigenvalue weighted by atomic mass is 32.2. The summed E-state index contributed by atoms with van der Waals surface area (Å²) in [6.07, 6.45) is 0.944. The van der Waals surface area contributed by atoms with Crippen molar-refractivity contribution in [3.63, 3.8) is 0 Å². The molecule has 2 rings (SSSR count). The summed E-state index contributed by atoms with van der Waals surface area (Å²) in [4.78, 5) is 12.1. The fraction of sp³-hybridized carbons (Fsp3) is 0.462. The van der Waals surface area contributed by atoms with E-state index in [1.54, 1.807) is 12.1 Å². The van der Waals surface area contributed by atoms with Gasteiger partial charge in [0.05, 0.1) is 17.1 Å². The summed E-state index contributed by atoms with van der Waals surface area (Å²) in [5.74, 6) is 0.0492. The first-order chi connectivity index (χ1) is 8.89. The first-order valence-corrected chi connectivity index (χ1v) is 8.07. The van der Waals surface area contributed by atoms with E-state index in [0.29, 0.717) is 24.1 Å². The van der Waals surface area contributed by atoms with Crippen molar-refractivity contribution in [1.29, 1.82) is 0 Å². The molecule has 0 aromatic heterocycles. The lowest BCUT2D eigenvalue weighted by atomic mass is 10.1. The number of nitrogens with one attached hydrogen (secondary N) is 1. The molecule has 1 aliphatic heterocycles. The number of anilines is 1. The highest BCUT2D eigenvalue weighted by Crippen LogP contribution is 2.18. The number of nitrogens with two attached hydrogens (primary N) is 1. The van der Waals surface area contributed by atoms with Crippen LogP contribution in [0.15, 0.2) is 18.2 Å². The van der Waals surface area contributed by atoms with Gasteiger partial charge in [0, 0.05) is 11.7 Å². The van der Waals surface area contributed by atoms with Crippen LogP contribution in [0, 0.1) is 6.92 Å². The lowest BCUT2D eigenvalue weighted by Gasteiger charge is -2.23. The monoisotopic (exact) mass is 282 g/mol. The first kappa shape index (κ1) is 13.9. The highest BCUT2D eigenvalue weighted by Gasteiger charge is 2.25. The zero-order valence-electron chi connectivity index (χ0n) is 10.8. The fourth-order valence-electron chi connectivity index (χ4n) is 2.18. The Bertz CT molecular complexity index is 582. The molecule has 1 aromatic carbocycles. The molecule has 6 heteroatoms. The number of rotatable bonds is 2. The van der Waals surface area contributed by atoms with Crippen molar-refractivity contribution in [2.75, 3.05) is 17.2 Å². The van der Waals surface area contributed by atoms with Crippen LogP contribution < -0.4 is 11.1 Å². The second-order valence-electron chi connectivity index (χ2n) is 4.94. The number of nitrogen functional groups attached to an aromatic ring is 1. The molecular weight excluding hydrogens is 264 g/mol. The van der Waals surface area contributed by atoms with Crippen molar-refractivity contribution in [1.82, 2.24) is 5.32 Å². The Hall–Kier alpha value is -1.56. The van der Waals surface area contributed by atoms with Gasteiger partial charge in [0.1, 0.15) is 9.84 Å². The van der Waals surface area contributed by atoms with Crippen LogP contribution in [0.5, 0.6) is 0 Å². The molecule has 1 aliphatic rings. The van der Waals surface area contributed by atoms with E-state index < -0.39 is 9.84 Å². The minimum atomic E-state index is -2.91. The predicted molar refractivity (Wildman–Crippen MR) is 74.7 cm³/mol. The number of carbonyl (C=O) groups is 1. The second kappa shape index (κ2) is 5.21. The third-order valence-corrected chi connectivity index (χ3v) is 5.17. The molecule has 0 bridgehead atoms. The number of hydrogen-bond acceptors (Lipinski definition) is 4. The summed E-state index contributed by atoms with van der Waals surface area (Å²) < 4.78 is 22.6. The Morgan fingerprint density at radius 1 is 1.32 bits per heavy atom. The van der Waals surface area contributed by atoms with Gasteiger partial charge in [-0.3, -0.25) is 4.79 Å². The molecule has 0 radical (unpaired) electrons. The van der Waals surface area contributed by atoms with Crippen LogP contribution in [0.4, 0.5) is 5.69 Å². The van der Waals surface area contributed by atoms with E-state index in [4.69, 9.17) is 5.73 Å². The summed E-state index contributed by atoms with van der Waals surface area (Å²) in [6, 6.07) is 5.22. The number of sulfone groups is 1. The van der Waals surface area contributed by atoms with E-state index in [9.17, 15) is 13.2 Å². The van der Waals surface area contributed by atoms with Gasteiger partial charge in [-0.15, -0.1) is 0 Å². The summed E-state index contributed by atoms with van der Waals surface area (Å²) in [5.41, 5.74) is 7.66. The summed E-state index contributed by atoms with van der Waals surface area (Å²) >= 11 is 0. The number of hydrogen-bond donors (Lipinski definition) is 2. The Morgan fingerprint density at radius 2 is 1.95 bits per heavy atom. The summed E-state index contributed by atoms with van der Waals surface area (Å²) in [5, 5.41) is 2.86. The molecule has 5 nitrogen and oxygen atoms in total. The normalized spacial score (nSPS) is 19.0. The lowest BCUT2D eigenvalue weighted by molar-refractivity contribution is 0.0935. The van der Waals surface area contributed by atoms with E-state index in [2.05, 4.69) is 5.32 Å². The average Bonchev–Trinajstić information content (AvgIpc) is 2.35. The first-order valence-electron chi connectivity index (χ1n) is 6.25. The minimum absolute atomic E-state index is 0.0871.